The molecule has 3 N–H and O–H groups in total. The number of fused-ring (bicyclic) bond motifs is 1. The van der Waals surface area contributed by atoms with Crippen molar-refractivity contribution in [2.75, 3.05) is 12.3 Å². The number of anilines is 1. The van der Waals surface area contributed by atoms with E-state index in [1.165, 1.54) is 17.0 Å². The Kier molecular flexibility index (Phi) is 5.49. The molecule has 0 radical (unpaired) electrons. The fraction of sp³-hybridized carbons (Fsp3) is 0.125. The van der Waals surface area contributed by atoms with E-state index in [2.05, 4.69) is 34.6 Å². The van der Waals surface area contributed by atoms with Crippen LogP contribution in [0.1, 0.15) is 11.1 Å². The number of nitrogens with two attached hydrogens (primary N) is 1. The minimum absolute atomic E-state index is 0.487. The third-order valence-corrected chi connectivity index (χ3v) is 4.95. The van der Waals surface area contributed by atoms with Crippen molar-refractivity contribution in [3.05, 3.63) is 95.6 Å². The third kappa shape index (κ3) is 4.25. The summed E-state index contributed by atoms with van der Waals surface area (Å²) < 4.78 is 26.3. The lowest BCUT2D eigenvalue weighted by Crippen LogP contribution is -2.17. The van der Waals surface area contributed by atoms with E-state index in [0.29, 0.717) is 12.4 Å². The molecule has 0 amide bonds. The van der Waals surface area contributed by atoms with E-state index < -0.39 is 11.6 Å². The van der Waals surface area contributed by atoms with Crippen LogP contribution in [-0.2, 0) is 13.0 Å². The van der Waals surface area contributed by atoms with Gasteiger partial charge in [-0.15, -0.1) is 0 Å². The topological polar surface area (TPSA) is 50.9 Å². The minimum atomic E-state index is -0.824. The fourth-order valence-electron chi connectivity index (χ4n) is 3.51. The Morgan fingerprint density at radius 3 is 2.45 bits per heavy atom. The van der Waals surface area contributed by atoms with Crippen LogP contribution in [0.15, 0.2) is 72.8 Å². The molecule has 5 heteroatoms. The Labute approximate surface area is 168 Å². The van der Waals surface area contributed by atoms with Crippen LogP contribution in [0.2, 0.25) is 0 Å². The van der Waals surface area contributed by atoms with E-state index in [0.717, 1.165) is 41.2 Å². The number of nitrogens with one attached hydrogen (secondary N) is 1. The zero-order chi connectivity index (χ0) is 20.2. The van der Waals surface area contributed by atoms with Gasteiger partial charge in [-0.25, -0.2) is 13.8 Å². The van der Waals surface area contributed by atoms with Gasteiger partial charge in [0, 0.05) is 12.1 Å². The second kappa shape index (κ2) is 8.37. The van der Waals surface area contributed by atoms with Crippen LogP contribution in [-0.4, -0.2) is 11.5 Å². The molecule has 146 valence electrons. The maximum Gasteiger partial charge on any atom is 0.159 e. The van der Waals surface area contributed by atoms with Crippen molar-refractivity contribution in [3.63, 3.8) is 0 Å². The lowest BCUT2D eigenvalue weighted by molar-refractivity contribution is 0.506. The first-order chi connectivity index (χ1) is 14.1. The van der Waals surface area contributed by atoms with E-state index in [1.807, 2.05) is 24.3 Å². The third-order valence-electron chi connectivity index (χ3n) is 4.95. The van der Waals surface area contributed by atoms with Gasteiger partial charge in [0.2, 0.25) is 0 Å². The number of hydrogen-bond donors (Lipinski definition) is 2. The molecule has 0 atom stereocenters. The number of halogens is 2. The Morgan fingerprint density at radius 1 is 0.828 bits per heavy atom. The maximum atomic E-state index is 13.3. The molecule has 1 heterocycles. The van der Waals surface area contributed by atoms with Gasteiger partial charge in [-0.2, -0.15) is 0 Å². The lowest BCUT2D eigenvalue weighted by Gasteiger charge is -2.12. The Balaban J connectivity index is 1.51. The van der Waals surface area contributed by atoms with Crippen LogP contribution in [0.5, 0.6) is 0 Å². The molecule has 0 bridgehead atoms. The highest BCUT2D eigenvalue weighted by Crippen LogP contribution is 2.30. The van der Waals surface area contributed by atoms with Gasteiger partial charge < -0.3 is 11.1 Å². The summed E-state index contributed by atoms with van der Waals surface area (Å²) >= 11 is 0. The summed E-state index contributed by atoms with van der Waals surface area (Å²) in [4.78, 5) is 4.45. The van der Waals surface area contributed by atoms with E-state index in [1.54, 1.807) is 12.1 Å². The number of nitrogen functional groups attached to an aromatic ring is 1. The molecule has 3 aromatic carbocycles. The van der Waals surface area contributed by atoms with Gasteiger partial charge in [-0.3, -0.25) is 0 Å². The summed E-state index contributed by atoms with van der Waals surface area (Å²) in [6, 6.07) is 22.0. The lowest BCUT2D eigenvalue weighted by atomic mass is 9.96. The van der Waals surface area contributed by atoms with Gasteiger partial charge in [0.25, 0.3) is 0 Å². The number of hydrogen-bond acceptors (Lipinski definition) is 3. The molecule has 4 aromatic rings. The molecular weight excluding hydrogens is 368 g/mol. The highest BCUT2D eigenvalue weighted by Gasteiger charge is 2.09. The Hall–Kier alpha value is -3.31. The average molecular weight is 389 g/mol. The number of benzene rings is 3. The Morgan fingerprint density at radius 2 is 1.66 bits per heavy atom. The summed E-state index contributed by atoms with van der Waals surface area (Å²) in [6.07, 6.45) is 0.814. The normalized spacial score (nSPS) is 11.1. The molecule has 0 saturated carbocycles. The fourth-order valence-corrected chi connectivity index (χ4v) is 3.51. The molecule has 4 rings (SSSR count). The first kappa shape index (κ1) is 19.0. The van der Waals surface area contributed by atoms with Crippen molar-refractivity contribution in [2.24, 2.45) is 0 Å². The molecule has 0 aliphatic rings. The van der Waals surface area contributed by atoms with Crippen molar-refractivity contribution < 1.29 is 8.78 Å². The van der Waals surface area contributed by atoms with Crippen molar-refractivity contribution in [2.45, 2.75) is 13.0 Å². The largest absolute Gasteiger partial charge is 0.384 e. The summed E-state index contributed by atoms with van der Waals surface area (Å²) in [5.41, 5.74) is 9.68. The predicted molar refractivity (Wildman–Crippen MR) is 113 cm³/mol. The van der Waals surface area contributed by atoms with Gasteiger partial charge in [0.05, 0.1) is 5.69 Å². The van der Waals surface area contributed by atoms with Crippen LogP contribution in [0.3, 0.4) is 0 Å². The predicted octanol–water partition coefficient (Wildman–Crippen LogP) is 5.09. The van der Waals surface area contributed by atoms with Gasteiger partial charge >= 0.3 is 0 Å². The zero-order valence-corrected chi connectivity index (χ0v) is 15.8. The minimum Gasteiger partial charge on any atom is -0.384 e. The number of pyridine rings is 1. The van der Waals surface area contributed by atoms with E-state index in [9.17, 15) is 8.78 Å². The second-order valence-corrected chi connectivity index (χ2v) is 6.94. The molecule has 0 unspecified atom stereocenters. The second-order valence-electron chi connectivity index (χ2n) is 6.94. The molecule has 0 spiro atoms. The molecule has 0 aliphatic carbocycles. The highest BCUT2D eigenvalue weighted by atomic mass is 19.2. The van der Waals surface area contributed by atoms with Crippen LogP contribution in [0.4, 0.5) is 14.6 Å². The molecule has 3 nitrogen and oxygen atoms in total. The van der Waals surface area contributed by atoms with Gasteiger partial charge in [-0.1, -0.05) is 48.5 Å². The highest BCUT2D eigenvalue weighted by molar-refractivity contribution is 5.97. The molecular formula is C24H21F2N3. The number of rotatable bonds is 6. The first-order valence-corrected chi connectivity index (χ1v) is 9.50. The van der Waals surface area contributed by atoms with Gasteiger partial charge in [0.15, 0.2) is 11.6 Å². The van der Waals surface area contributed by atoms with E-state index >= 15 is 0 Å². The van der Waals surface area contributed by atoms with Crippen LogP contribution in [0.25, 0.3) is 22.0 Å². The molecule has 1 aromatic heterocycles. The van der Waals surface area contributed by atoms with Crippen molar-refractivity contribution in [3.8, 4) is 11.3 Å². The average Bonchev–Trinajstić information content (AvgIpc) is 2.73. The zero-order valence-electron chi connectivity index (χ0n) is 15.8. The summed E-state index contributed by atoms with van der Waals surface area (Å²) in [7, 11) is 0. The summed E-state index contributed by atoms with van der Waals surface area (Å²) in [5, 5.41) is 5.60. The van der Waals surface area contributed by atoms with Gasteiger partial charge in [-0.05, 0) is 59.1 Å². The smallest absolute Gasteiger partial charge is 0.159 e. The number of aromatic nitrogens is 1. The van der Waals surface area contributed by atoms with E-state index in [4.69, 9.17) is 5.73 Å². The van der Waals surface area contributed by atoms with Gasteiger partial charge in [0.1, 0.15) is 5.82 Å². The van der Waals surface area contributed by atoms with Crippen molar-refractivity contribution >= 4 is 16.6 Å². The standard InChI is InChI=1S/C24H21F2N3/c25-21-11-8-16(14-22(21)26)15-28-13-12-17-9-10-20(19-5-2-1-4-18(17)19)23-6-3-7-24(27)29-23/h1-11,14,28H,12-13,15H2,(H2,27,29). The summed E-state index contributed by atoms with van der Waals surface area (Å²) in [5.74, 6) is -1.15. The molecule has 29 heavy (non-hydrogen) atoms. The summed E-state index contributed by atoms with van der Waals surface area (Å²) in [6.45, 7) is 1.21. The quantitative estimate of drug-likeness (QED) is 0.452. The van der Waals surface area contributed by atoms with E-state index in [-0.39, 0.29) is 0 Å². The maximum absolute atomic E-state index is 13.3. The van der Waals surface area contributed by atoms with Crippen LogP contribution >= 0.6 is 0 Å². The molecule has 0 aliphatic heterocycles. The number of nitrogens with zero attached hydrogens (tertiary/aromatic N) is 1. The first-order valence-electron chi connectivity index (χ1n) is 9.50. The SMILES string of the molecule is Nc1cccc(-c2ccc(CCNCc3ccc(F)c(F)c3)c3ccccc23)n1. The van der Waals surface area contributed by atoms with Crippen molar-refractivity contribution in [1.82, 2.24) is 10.3 Å². The molecule has 0 fully saturated rings. The molecule has 0 saturated heterocycles. The Bertz CT molecular complexity index is 1160. The van der Waals surface area contributed by atoms with Crippen molar-refractivity contribution in [1.29, 1.82) is 0 Å². The monoisotopic (exact) mass is 389 g/mol. The van der Waals surface area contributed by atoms with Crippen LogP contribution in [0, 0.1) is 11.6 Å². The van der Waals surface area contributed by atoms with Crippen LogP contribution < -0.4 is 11.1 Å².